The van der Waals surface area contributed by atoms with Crippen molar-refractivity contribution in [3.05, 3.63) is 0 Å². The molecule has 0 bridgehead atoms. The van der Waals surface area contributed by atoms with Gasteiger partial charge >= 0.3 is 0 Å². The number of carbonyl (C=O) groups excluding carboxylic acids is 1. The lowest BCUT2D eigenvalue weighted by molar-refractivity contribution is -0.216. The summed E-state index contributed by atoms with van der Waals surface area (Å²) in [4.78, 5) is 13.3. The molecule has 1 saturated heterocycles. The molecule has 8 atom stereocenters. The largest absolute Gasteiger partial charge is 0.348 e. The van der Waals surface area contributed by atoms with Gasteiger partial charge in [-0.1, -0.05) is 13.8 Å². The molecule has 5 aliphatic carbocycles. The number of hydrogen-bond acceptors (Lipinski definition) is 3. The molecule has 3 heteroatoms. The summed E-state index contributed by atoms with van der Waals surface area (Å²) in [5.74, 6) is 3.57. The third-order valence-electron chi connectivity index (χ3n) is 10.8. The summed E-state index contributed by atoms with van der Waals surface area (Å²) in [6.45, 7) is 8.67. The third-order valence-corrected chi connectivity index (χ3v) is 10.8. The highest BCUT2D eigenvalue weighted by Crippen LogP contribution is 2.80. The summed E-state index contributed by atoms with van der Waals surface area (Å²) in [6, 6.07) is 0. The van der Waals surface area contributed by atoms with Gasteiger partial charge in [0.05, 0.1) is 13.2 Å². The van der Waals surface area contributed by atoms with E-state index in [0.29, 0.717) is 29.0 Å². The second kappa shape index (κ2) is 4.76. The van der Waals surface area contributed by atoms with Crippen LogP contribution < -0.4 is 0 Å². The van der Waals surface area contributed by atoms with Gasteiger partial charge in [0.2, 0.25) is 0 Å². The van der Waals surface area contributed by atoms with E-state index in [0.717, 1.165) is 31.5 Å². The molecule has 1 aliphatic heterocycles. The predicted octanol–water partition coefficient (Wildman–Crippen LogP) is 4.59. The first-order valence-electron chi connectivity index (χ1n) is 11.2. The molecule has 1 heterocycles. The maximum atomic E-state index is 13.3. The van der Waals surface area contributed by atoms with Crippen molar-refractivity contribution in [2.24, 2.45) is 45.8 Å². The van der Waals surface area contributed by atoms with Crippen LogP contribution in [0.4, 0.5) is 0 Å². The molecule has 26 heavy (non-hydrogen) atoms. The van der Waals surface area contributed by atoms with Crippen molar-refractivity contribution in [3.8, 4) is 0 Å². The highest BCUT2D eigenvalue weighted by Gasteiger charge is 2.77. The second-order valence-corrected chi connectivity index (χ2v) is 11.2. The highest BCUT2D eigenvalue weighted by atomic mass is 16.7. The van der Waals surface area contributed by atoms with Crippen molar-refractivity contribution in [1.29, 1.82) is 0 Å². The van der Waals surface area contributed by atoms with Crippen LogP contribution in [0.15, 0.2) is 0 Å². The fourth-order valence-corrected chi connectivity index (χ4v) is 9.60. The van der Waals surface area contributed by atoms with Crippen LogP contribution in [0.3, 0.4) is 0 Å². The maximum Gasteiger partial charge on any atom is 0.169 e. The molecule has 0 aromatic rings. The SMILES string of the molecule is CC1([C@H]2CCC3C4CC(=O)C56C[C@@H]5CC[C@]6(C)C4CC[C@@]32C)OCCO1. The molecule has 5 saturated carbocycles. The van der Waals surface area contributed by atoms with Crippen LogP contribution in [0.1, 0.15) is 72.1 Å². The zero-order valence-corrected chi connectivity index (χ0v) is 16.7. The van der Waals surface area contributed by atoms with Crippen LogP contribution >= 0.6 is 0 Å². The van der Waals surface area contributed by atoms with E-state index in [2.05, 4.69) is 20.8 Å². The molecular weight excluding hydrogens is 324 g/mol. The Labute approximate surface area is 157 Å². The summed E-state index contributed by atoms with van der Waals surface area (Å²) in [5, 5.41) is 0. The van der Waals surface area contributed by atoms with Gasteiger partial charge in [0.1, 0.15) is 5.78 Å². The predicted molar refractivity (Wildman–Crippen MR) is 98.3 cm³/mol. The first-order chi connectivity index (χ1) is 12.4. The second-order valence-electron chi connectivity index (χ2n) is 11.2. The van der Waals surface area contributed by atoms with Crippen molar-refractivity contribution >= 4 is 5.78 Å². The van der Waals surface area contributed by atoms with Gasteiger partial charge in [-0.3, -0.25) is 4.79 Å². The molecule has 144 valence electrons. The van der Waals surface area contributed by atoms with Crippen LogP contribution in [0.5, 0.6) is 0 Å². The van der Waals surface area contributed by atoms with Gasteiger partial charge in [-0.05, 0) is 86.4 Å². The lowest BCUT2D eigenvalue weighted by Crippen LogP contribution is -2.56. The Morgan fingerprint density at radius 2 is 1.69 bits per heavy atom. The average Bonchev–Trinajstić information content (AvgIpc) is 2.86. The fraction of sp³-hybridized carbons (Fsp3) is 0.957. The normalized spacial score (nSPS) is 59.5. The van der Waals surface area contributed by atoms with E-state index in [1.807, 2.05) is 0 Å². The Bertz CT molecular complexity index is 666. The summed E-state index contributed by atoms with van der Waals surface area (Å²) in [7, 11) is 0. The number of rotatable bonds is 1. The van der Waals surface area contributed by atoms with Gasteiger partial charge in [-0.2, -0.15) is 0 Å². The zero-order chi connectivity index (χ0) is 17.9. The van der Waals surface area contributed by atoms with Gasteiger partial charge in [0.25, 0.3) is 0 Å². The van der Waals surface area contributed by atoms with Gasteiger partial charge in [0, 0.05) is 17.8 Å². The Morgan fingerprint density at radius 3 is 2.42 bits per heavy atom. The molecule has 0 N–H and O–H groups in total. The summed E-state index contributed by atoms with van der Waals surface area (Å²) in [6.07, 6.45) is 9.82. The fourth-order valence-electron chi connectivity index (χ4n) is 9.60. The maximum absolute atomic E-state index is 13.3. The number of fused-ring (bicyclic) bond motifs is 4. The van der Waals surface area contributed by atoms with Crippen LogP contribution in [0, 0.1) is 45.8 Å². The minimum Gasteiger partial charge on any atom is -0.348 e. The smallest absolute Gasteiger partial charge is 0.169 e. The molecule has 0 amide bonds. The monoisotopic (exact) mass is 358 g/mol. The number of Topliss-reactive ketones (excluding diaryl/α,β-unsaturated/α-hetero) is 1. The summed E-state index contributed by atoms with van der Waals surface area (Å²) < 4.78 is 12.2. The zero-order valence-electron chi connectivity index (χ0n) is 16.7. The minimum atomic E-state index is -0.394. The van der Waals surface area contributed by atoms with Crippen molar-refractivity contribution in [2.45, 2.75) is 77.9 Å². The van der Waals surface area contributed by atoms with Crippen LogP contribution in [-0.4, -0.2) is 24.8 Å². The molecule has 0 radical (unpaired) electrons. The van der Waals surface area contributed by atoms with Crippen LogP contribution in [0.25, 0.3) is 0 Å². The Kier molecular flexibility index (Phi) is 3.03. The van der Waals surface area contributed by atoms with E-state index >= 15 is 0 Å². The highest BCUT2D eigenvalue weighted by molar-refractivity contribution is 5.91. The van der Waals surface area contributed by atoms with Crippen molar-refractivity contribution in [1.82, 2.24) is 0 Å². The van der Waals surface area contributed by atoms with Gasteiger partial charge in [-0.15, -0.1) is 0 Å². The van der Waals surface area contributed by atoms with E-state index in [1.54, 1.807) is 0 Å². The number of ether oxygens (including phenoxy) is 2. The Hall–Kier alpha value is -0.410. The summed E-state index contributed by atoms with van der Waals surface area (Å²) in [5.41, 5.74) is 0.702. The molecule has 1 spiro atoms. The third kappa shape index (κ3) is 1.64. The first kappa shape index (κ1) is 16.5. The number of ketones is 1. The molecule has 3 nitrogen and oxygen atoms in total. The van der Waals surface area contributed by atoms with E-state index in [4.69, 9.17) is 9.47 Å². The van der Waals surface area contributed by atoms with Crippen molar-refractivity contribution in [3.63, 3.8) is 0 Å². The molecule has 6 aliphatic rings. The average molecular weight is 359 g/mol. The van der Waals surface area contributed by atoms with E-state index < -0.39 is 5.79 Å². The molecule has 4 unspecified atom stereocenters. The lowest BCUT2D eigenvalue weighted by atomic mass is 9.45. The van der Waals surface area contributed by atoms with E-state index in [9.17, 15) is 4.79 Å². The number of carbonyl (C=O) groups is 1. The Morgan fingerprint density at radius 1 is 0.923 bits per heavy atom. The van der Waals surface area contributed by atoms with E-state index in [1.165, 1.54) is 44.9 Å². The molecular formula is C23H34O3. The van der Waals surface area contributed by atoms with E-state index in [-0.39, 0.29) is 10.8 Å². The minimum absolute atomic E-state index is 0.115. The molecule has 6 fully saturated rings. The lowest BCUT2D eigenvalue weighted by Gasteiger charge is -2.59. The topological polar surface area (TPSA) is 35.5 Å². The molecule has 6 rings (SSSR count). The van der Waals surface area contributed by atoms with Gasteiger partial charge in [-0.25, -0.2) is 0 Å². The Balaban J connectivity index is 1.35. The van der Waals surface area contributed by atoms with Crippen molar-refractivity contribution < 1.29 is 14.3 Å². The first-order valence-corrected chi connectivity index (χ1v) is 11.2. The van der Waals surface area contributed by atoms with Gasteiger partial charge < -0.3 is 9.47 Å². The summed E-state index contributed by atoms with van der Waals surface area (Å²) >= 11 is 0. The van der Waals surface area contributed by atoms with Gasteiger partial charge in [0.15, 0.2) is 5.79 Å². The van der Waals surface area contributed by atoms with Crippen LogP contribution in [-0.2, 0) is 14.3 Å². The quantitative estimate of drug-likeness (QED) is 0.688. The molecule has 0 aromatic carbocycles. The van der Waals surface area contributed by atoms with Crippen LogP contribution in [0.2, 0.25) is 0 Å². The standard InChI is InChI=1S/C23H34O3/c1-20-8-7-17-15(12-19(24)23-13-14(23)6-9-21(17,23)2)16(20)4-5-18(20)22(3)25-10-11-26-22/h14-18H,4-13H2,1-3H3/t14-,15?,16?,17?,18-,20-,21+,23?/m0/s1. The molecule has 0 aromatic heterocycles. The van der Waals surface area contributed by atoms with Crippen molar-refractivity contribution in [2.75, 3.05) is 13.2 Å². The number of hydrogen-bond donors (Lipinski definition) is 0.